The van der Waals surface area contributed by atoms with Crippen LogP contribution in [0.4, 0.5) is 0 Å². The summed E-state index contributed by atoms with van der Waals surface area (Å²) in [5.41, 5.74) is 16.8. The number of rotatable bonds is 19. The molecule has 1 aromatic heterocycles. The summed E-state index contributed by atoms with van der Waals surface area (Å²) >= 11 is 0. The van der Waals surface area contributed by atoms with Crippen LogP contribution in [0.2, 0.25) is 0 Å². The summed E-state index contributed by atoms with van der Waals surface area (Å²) in [7, 11) is 0. The number of hydrogen-bond acceptors (Lipinski definition) is 9. The maximum Gasteiger partial charge on any atom is 0.326 e. The third-order valence-corrected chi connectivity index (χ3v) is 5.49. The number of carboxylic acids is 2. The van der Waals surface area contributed by atoms with Crippen LogP contribution in [0.25, 0.3) is 0 Å². The molecule has 0 spiro atoms. The molecule has 0 saturated heterocycles. The van der Waals surface area contributed by atoms with Gasteiger partial charge in [-0.05, 0) is 38.6 Å². The van der Waals surface area contributed by atoms with E-state index < -0.39 is 59.7 Å². The molecule has 1 heterocycles. The van der Waals surface area contributed by atoms with Gasteiger partial charge in [0.25, 0.3) is 0 Å². The second-order valence-corrected chi connectivity index (χ2v) is 8.63. The zero-order valence-electron chi connectivity index (χ0n) is 20.9. The van der Waals surface area contributed by atoms with Crippen LogP contribution in [-0.2, 0) is 35.2 Å². The Kier molecular flexibility index (Phi) is 14.0. The third-order valence-electron chi connectivity index (χ3n) is 5.49. The van der Waals surface area contributed by atoms with Gasteiger partial charge in [0.15, 0.2) is 0 Å². The summed E-state index contributed by atoms with van der Waals surface area (Å²) < 4.78 is 0. The average molecular weight is 541 g/mol. The molecule has 38 heavy (non-hydrogen) atoms. The van der Waals surface area contributed by atoms with Gasteiger partial charge in [-0.1, -0.05) is 0 Å². The number of unbranched alkanes of at least 4 members (excludes halogenated alkanes) is 1. The Hall–Kier alpha value is -4.05. The number of hydrogen-bond donors (Lipinski definition) is 9. The van der Waals surface area contributed by atoms with Gasteiger partial charge < -0.3 is 48.3 Å². The fraction of sp³-hybridized carbons (Fsp3) is 0.591. The molecule has 4 amide bonds. The fourth-order valence-electron chi connectivity index (χ4n) is 3.36. The van der Waals surface area contributed by atoms with Crippen molar-refractivity contribution in [3.8, 4) is 0 Å². The zero-order valence-corrected chi connectivity index (χ0v) is 20.9. The van der Waals surface area contributed by atoms with Crippen molar-refractivity contribution in [3.05, 3.63) is 18.2 Å². The van der Waals surface area contributed by atoms with Crippen molar-refractivity contribution in [2.24, 2.45) is 17.2 Å². The van der Waals surface area contributed by atoms with Gasteiger partial charge in [0.1, 0.15) is 18.1 Å². The number of carbonyl (C=O) groups is 6. The molecule has 1 aromatic rings. The average Bonchev–Trinajstić information content (AvgIpc) is 3.36. The second-order valence-electron chi connectivity index (χ2n) is 8.63. The lowest BCUT2D eigenvalue weighted by Gasteiger charge is -2.25. The van der Waals surface area contributed by atoms with E-state index >= 15 is 0 Å². The lowest BCUT2D eigenvalue weighted by atomic mass is 10.0. The summed E-state index contributed by atoms with van der Waals surface area (Å²) in [6.07, 6.45) is 2.69. The molecule has 0 aromatic carbocycles. The molecule has 0 bridgehead atoms. The molecule has 16 heteroatoms. The van der Waals surface area contributed by atoms with E-state index in [4.69, 9.17) is 22.3 Å². The molecule has 4 atom stereocenters. The smallest absolute Gasteiger partial charge is 0.326 e. The lowest BCUT2D eigenvalue weighted by Crippen LogP contribution is -2.57. The lowest BCUT2D eigenvalue weighted by molar-refractivity contribution is -0.142. The van der Waals surface area contributed by atoms with E-state index in [9.17, 15) is 33.9 Å². The first kappa shape index (κ1) is 32.0. The highest BCUT2D eigenvalue weighted by atomic mass is 16.4. The predicted molar refractivity (Wildman–Crippen MR) is 132 cm³/mol. The first-order chi connectivity index (χ1) is 17.9. The van der Waals surface area contributed by atoms with Crippen molar-refractivity contribution in [2.75, 3.05) is 6.54 Å². The third kappa shape index (κ3) is 12.3. The van der Waals surface area contributed by atoms with Crippen molar-refractivity contribution in [3.63, 3.8) is 0 Å². The number of carboxylic acid groups (broad SMARTS) is 2. The van der Waals surface area contributed by atoms with E-state index in [-0.39, 0.29) is 38.5 Å². The predicted octanol–water partition coefficient (Wildman–Crippen LogP) is -2.92. The maximum absolute atomic E-state index is 13.2. The number of carbonyl (C=O) groups excluding carboxylic acids is 4. The topological polar surface area (TPSA) is 286 Å². The molecule has 4 unspecified atom stereocenters. The Labute approximate surface area is 218 Å². The summed E-state index contributed by atoms with van der Waals surface area (Å²) in [4.78, 5) is 78.9. The monoisotopic (exact) mass is 540 g/mol. The molecule has 0 aliphatic heterocycles. The number of aromatic amines is 1. The molecule has 0 fully saturated rings. The van der Waals surface area contributed by atoms with Gasteiger partial charge in [-0.25, -0.2) is 9.78 Å². The SMILES string of the molecule is NCCCCC(NC(=O)C(CCC(N)=O)NC(=O)C(Cc1cnc[nH]1)NC(=O)C(N)CCC(=O)O)C(=O)O. The van der Waals surface area contributed by atoms with Crippen LogP contribution >= 0.6 is 0 Å². The van der Waals surface area contributed by atoms with Crippen molar-refractivity contribution in [2.45, 2.75) is 75.5 Å². The number of amides is 4. The zero-order chi connectivity index (χ0) is 28.7. The first-order valence-corrected chi connectivity index (χ1v) is 12.0. The summed E-state index contributed by atoms with van der Waals surface area (Å²) in [5.74, 6) is -5.67. The van der Waals surface area contributed by atoms with Crippen LogP contribution in [0.5, 0.6) is 0 Å². The van der Waals surface area contributed by atoms with Crippen LogP contribution in [-0.4, -0.2) is 86.5 Å². The molecular formula is C22H36N8O8. The molecule has 1 rings (SSSR count). The van der Waals surface area contributed by atoms with Crippen molar-refractivity contribution < 1.29 is 39.0 Å². The number of nitrogens with one attached hydrogen (secondary N) is 4. The highest BCUT2D eigenvalue weighted by Crippen LogP contribution is 2.07. The normalized spacial score (nSPS) is 13.9. The maximum atomic E-state index is 13.2. The molecule has 0 radical (unpaired) electrons. The van der Waals surface area contributed by atoms with E-state index in [1.54, 1.807) is 0 Å². The Morgan fingerprint density at radius 1 is 0.868 bits per heavy atom. The highest BCUT2D eigenvalue weighted by molar-refractivity contribution is 5.94. The van der Waals surface area contributed by atoms with Gasteiger partial charge in [-0.15, -0.1) is 0 Å². The second kappa shape index (κ2) is 16.6. The Bertz CT molecular complexity index is 955. The first-order valence-electron chi connectivity index (χ1n) is 12.0. The quantitative estimate of drug-likeness (QED) is 0.0801. The van der Waals surface area contributed by atoms with Gasteiger partial charge in [0.05, 0.1) is 12.4 Å². The van der Waals surface area contributed by atoms with E-state index in [0.29, 0.717) is 25.1 Å². The number of nitrogens with two attached hydrogens (primary N) is 3. The van der Waals surface area contributed by atoms with Gasteiger partial charge in [0, 0.05) is 31.2 Å². The van der Waals surface area contributed by atoms with E-state index in [1.807, 2.05) is 0 Å². The molecule has 0 aliphatic carbocycles. The molecule has 12 N–H and O–H groups in total. The standard InChI is InChI=1S/C22H36N8O8/c23-8-2-1-3-15(22(37)38)29-20(35)14(5-6-17(25)31)28-21(36)16(9-12-10-26-11-27-12)30-19(34)13(24)4-7-18(32)33/h10-11,13-16H,1-9,23-24H2,(H2,25,31)(H,26,27)(H,28,36)(H,29,35)(H,30,34)(H,32,33)(H,37,38). The van der Waals surface area contributed by atoms with Gasteiger partial charge in [-0.3, -0.25) is 24.0 Å². The number of primary amides is 1. The van der Waals surface area contributed by atoms with Crippen LogP contribution in [0, 0.1) is 0 Å². The van der Waals surface area contributed by atoms with E-state index in [0.717, 1.165) is 0 Å². The number of H-pyrrole nitrogens is 1. The number of nitrogens with zero attached hydrogens (tertiary/aromatic N) is 1. The molecule has 0 aliphatic rings. The minimum absolute atomic E-state index is 0.0930. The molecule has 0 saturated carbocycles. The van der Waals surface area contributed by atoms with E-state index in [2.05, 4.69) is 25.9 Å². The highest BCUT2D eigenvalue weighted by Gasteiger charge is 2.31. The number of aliphatic carboxylic acids is 2. The number of imidazole rings is 1. The molecule has 16 nitrogen and oxygen atoms in total. The fourth-order valence-corrected chi connectivity index (χ4v) is 3.36. The summed E-state index contributed by atoms with van der Waals surface area (Å²) in [6, 6.07) is -5.10. The minimum atomic E-state index is -1.35. The van der Waals surface area contributed by atoms with Crippen LogP contribution in [0.3, 0.4) is 0 Å². The minimum Gasteiger partial charge on any atom is -0.481 e. The molecule has 212 valence electrons. The van der Waals surface area contributed by atoms with Gasteiger partial charge >= 0.3 is 11.9 Å². The van der Waals surface area contributed by atoms with Gasteiger partial charge in [0.2, 0.25) is 23.6 Å². The largest absolute Gasteiger partial charge is 0.481 e. The molecular weight excluding hydrogens is 504 g/mol. The Morgan fingerprint density at radius 2 is 1.50 bits per heavy atom. The summed E-state index contributed by atoms with van der Waals surface area (Å²) in [6.45, 7) is 0.348. The van der Waals surface area contributed by atoms with Crippen LogP contribution in [0.15, 0.2) is 12.5 Å². The van der Waals surface area contributed by atoms with Crippen molar-refractivity contribution in [1.82, 2.24) is 25.9 Å². The van der Waals surface area contributed by atoms with Crippen molar-refractivity contribution in [1.29, 1.82) is 0 Å². The Balaban J connectivity index is 3.04. The van der Waals surface area contributed by atoms with Gasteiger partial charge in [-0.2, -0.15) is 0 Å². The van der Waals surface area contributed by atoms with Crippen LogP contribution < -0.4 is 33.2 Å². The summed E-state index contributed by atoms with van der Waals surface area (Å²) in [5, 5.41) is 25.5. The van der Waals surface area contributed by atoms with Crippen molar-refractivity contribution >= 4 is 35.6 Å². The van der Waals surface area contributed by atoms with E-state index in [1.165, 1.54) is 12.5 Å². The number of aromatic nitrogens is 2. The van der Waals surface area contributed by atoms with Crippen LogP contribution in [0.1, 0.15) is 50.6 Å². The Morgan fingerprint density at radius 3 is 2.05 bits per heavy atom.